The van der Waals surface area contributed by atoms with Crippen molar-refractivity contribution in [3.05, 3.63) is 46.0 Å². The van der Waals surface area contributed by atoms with E-state index in [4.69, 9.17) is 5.84 Å². The Morgan fingerprint density at radius 3 is 2.60 bits per heavy atom. The van der Waals surface area contributed by atoms with Gasteiger partial charge in [0, 0.05) is 31.9 Å². The van der Waals surface area contributed by atoms with E-state index in [-0.39, 0.29) is 6.04 Å². The number of nitrogens with two attached hydrogens (primary N) is 1. The molecule has 5 nitrogen and oxygen atoms in total. The zero-order chi connectivity index (χ0) is 14.5. The number of nitrogens with zero attached hydrogens (tertiary/aromatic N) is 3. The number of pyridine rings is 1. The molecule has 3 N–H and O–H groups in total. The van der Waals surface area contributed by atoms with E-state index in [1.165, 1.54) is 11.3 Å². The molecule has 0 bridgehead atoms. The van der Waals surface area contributed by atoms with Gasteiger partial charge in [-0.25, -0.2) is 0 Å². The van der Waals surface area contributed by atoms with Gasteiger partial charge in [0.1, 0.15) is 0 Å². The van der Waals surface area contributed by atoms with Crippen LogP contribution in [-0.2, 0) is 26.3 Å². The molecule has 2 rings (SSSR count). The molecule has 20 heavy (non-hydrogen) atoms. The normalized spacial score (nSPS) is 12.6. The van der Waals surface area contributed by atoms with Gasteiger partial charge in [0.05, 0.1) is 15.9 Å². The van der Waals surface area contributed by atoms with Crippen molar-refractivity contribution in [3.63, 3.8) is 0 Å². The Kier molecular flexibility index (Phi) is 5.28. The summed E-state index contributed by atoms with van der Waals surface area (Å²) in [4.78, 5) is 4.03. The van der Waals surface area contributed by atoms with Gasteiger partial charge >= 0.3 is 0 Å². The van der Waals surface area contributed by atoms with Crippen LogP contribution in [0.5, 0.6) is 0 Å². The third-order valence-electron chi connectivity index (χ3n) is 3.41. The van der Waals surface area contributed by atoms with E-state index in [9.17, 15) is 0 Å². The van der Waals surface area contributed by atoms with Gasteiger partial charge < -0.3 is 0 Å². The Morgan fingerprint density at radius 1 is 1.35 bits per heavy atom. The van der Waals surface area contributed by atoms with Gasteiger partial charge in [-0.1, -0.05) is 6.92 Å². The smallest absolute Gasteiger partial charge is 0.0766 e. The zero-order valence-corrected chi connectivity index (χ0v) is 13.4. The van der Waals surface area contributed by atoms with Crippen LogP contribution in [0.2, 0.25) is 0 Å². The molecule has 6 heteroatoms. The van der Waals surface area contributed by atoms with Crippen LogP contribution < -0.4 is 11.3 Å². The lowest BCUT2D eigenvalue weighted by molar-refractivity contribution is 0.504. The van der Waals surface area contributed by atoms with Crippen LogP contribution in [0.3, 0.4) is 0 Å². The summed E-state index contributed by atoms with van der Waals surface area (Å²) >= 11 is 3.64. The topological polar surface area (TPSA) is 68.8 Å². The second kappa shape index (κ2) is 6.97. The van der Waals surface area contributed by atoms with E-state index in [1.807, 2.05) is 23.9 Å². The summed E-state index contributed by atoms with van der Waals surface area (Å²) < 4.78 is 3.03. The summed E-state index contributed by atoms with van der Waals surface area (Å²) in [5.41, 5.74) is 6.37. The molecular formula is C14H20BrN5. The number of halogens is 1. The molecule has 1 atom stereocenters. The molecule has 0 saturated carbocycles. The van der Waals surface area contributed by atoms with Crippen molar-refractivity contribution < 1.29 is 0 Å². The first-order valence-corrected chi connectivity index (χ1v) is 7.50. The number of aromatic nitrogens is 3. The van der Waals surface area contributed by atoms with E-state index in [0.29, 0.717) is 0 Å². The summed E-state index contributed by atoms with van der Waals surface area (Å²) in [5, 5.41) is 4.51. The minimum atomic E-state index is 0.161. The lowest BCUT2D eigenvalue weighted by Crippen LogP contribution is -2.39. The van der Waals surface area contributed by atoms with Gasteiger partial charge in [0.2, 0.25) is 0 Å². The van der Waals surface area contributed by atoms with Crippen LogP contribution in [0.4, 0.5) is 0 Å². The average molecular weight is 338 g/mol. The largest absolute Gasteiger partial charge is 0.271 e. The Morgan fingerprint density at radius 2 is 2.05 bits per heavy atom. The fourth-order valence-corrected chi connectivity index (χ4v) is 3.05. The molecule has 0 spiro atoms. The number of hydrogen-bond donors (Lipinski definition) is 2. The Labute approximate surface area is 127 Å². The van der Waals surface area contributed by atoms with Gasteiger partial charge in [0.25, 0.3) is 0 Å². The highest BCUT2D eigenvalue weighted by Crippen LogP contribution is 2.23. The van der Waals surface area contributed by atoms with E-state index < -0.39 is 0 Å². The minimum Gasteiger partial charge on any atom is -0.271 e. The Bertz CT molecular complexity index is 552. The second-order valence-corrected chi connectivity index (χ2v) is 5.60. The third-order valence-corrected chi connectivity index (χ3v) is 4.33. The second-order valence-electron chi connectivity index (χ2n) is 4.81. The molecule has 108 valence electrons. The van der Waals surface area contributed by atoms with Gasteiger partial charge in [-0.05, 0) is 46.5 Å². The fraction of sp³-hybridized carbons (Fsp3) is 0.429. The fourth-order valence-electron chi connectivity index (χ4n) is 2.27. The van der Waals surface area contributed by atoms with Gasteiger partial charge in [0.15, 0.2) is 0 Å². The molecule has 0 radical (unpaired) electrons. The van der Waals surface area contributed by atoms with E-state index in [2.05, 4.69) is 38.4 Å². The van der Waals surface area contributed by atoms with Crippen LogP contribution in [0.1, 0.15) is 23.9 Å². The first-order chi connectivity index (χ1) is 9.65. The predicted octanol–water partition coefficient (Wildman–Crippen LogP) is 1.76. The number of aryl methyl sites for hydroxylation is 2. The molecule has 0 saturated heterocycles. The summed E-state index contributed by atoms with van der Waals surface area (Å²) in [6, 6.07) is 4.19. The molecular weight excluding hydrogens is 318 g/mol. The maximum absolute atomic E-state index is 5.70. The Balaban J connectivity index is 2.12. The van der Waals surface area contributed by atoms with E-state index >= 15 is 0 Å². The van der Waals surface area contributed by atoms with Crippen LogP contribution in [-0.4, -0.2) is 20.8 Å². The first kappa shape index (κ1) is 15.2. The number of hydrogen-bond acceptors (Lipinski definition) is 4. The summed E-state index contributed by atoms with van der Waals surface area (Å²) in [6.45, 7) is 2.10. The molecule has 2 heterocycles. The highest BCUT2D eigenvalue weighted by molar-refractivity contribution is 9.10. The third kappa shape index (κ3) is 3.45. The first-order valence-electron chi connectivity index (χ1n) is 6.71. The van der Waals surface area contributed by atoms with E-state index in [1.54, 1.807) is 12.4 Å². The van der Waals surface area contributed by atoms with Crippen molar-refractivity contribution in [2.75, 3.05) is 0 Å². The monoisotopic (exact) mass is 337 g/mol. The van der Waals surface area contributed by atoms with Crippen LogP contribution in [0.25, 0.3) is 0 Å². The van der Waals surface area contributed by atoms with Gasteiger partial charge in [-0.15, -0.1) is 0 Å². The lowest BCUT2D eigenvalue weighted by atomic mass is 10.0. The molecule has 0 aromatic carbocycles. The molecule has 2 aromatic rings. The highest BCUT2D eigenvalue weighted by Gasteiger charge is 2.17. The van der Waals surface area contributed by atoms with Crippen molar-refractivity contribution in [1.82, 2.24) is 20.2 Å². The number of nitrogens with one attached hydrogen (secondary N) is 1. The molecule has 0 fully saturated rings. The molecule has 0 amide bonds. The molecule has 0 aliphatic carbocycles. The molecule has 2 aromatic heterocycles. The van der Waals surface area contributed by atoms with Crippen LogP contribution in [0, 0.1) is 0 Å². The van der Waals surface area contributed by atoms with Gasteiger partial charge in [-0.3, -0.25) is 20.9 Å². The summed E-state index contributed by atoms with van der Waals surface area (Å²) in [7, 11) is 1.97. The minimum absolute atomic E-state index is 0.161. The van der Waals surface area contributed by atoms with Crippen LogP contribution in [0.15, 0.2) is 29.0 Å². The van der Waals surface area contributed by atoms with Crippen molar-refractivity contribution in [2.45, 2.75) is 32.2 Å². The summed E-state index contributed by atoms with van der Waals surface area (Å²) in [5.74, 6) is 5.70. The zero-order valence-electron chi connectivity index (χ0n) is 11.8. The average Bonchev–Trinajstić information content (AvgIpc) is 2.74. The van der Waals surface area contributed by atoms with Crippen LogP contribution >= 0.6 is 15.9 Å². The maximum atomic E-state index is 5.70. The Hall–Kier alpha value is -1.24. The van der Waals surface area contributed by atoms with Crippen molar-refractivity contribution in [1.29, 1.82) is 0 Å². The van der Waals surface area contributed by atoms with E-state index in [0.717, 1.165) is 29.4 Å². The van der Waals surface area contributed by atoms with Crippen molar-refractivity contribution in [3.8, 4) is 0 Å². The number of rotatable bonds is 6. The highest BCUT2D eigenvalue weighted by atomic mass is 79.9. The number of hydrazine groups is 1. The quantitative estimate of drug-likeness (QED) is 0.622. The molecule has 1 unspecified atom stereocenters. The summed E-state index contributed by atoms with van der Waals surface area (Å²) in [6.07, 6.45) is 6.21. The lowest BCUT2D eigenvalue weighted by Gasteiger charge is -2.16. The van der Waals surface area contributed by atoms with Crippen molar-refractivity contribution >= 4 is 15.9 Å². The maximum Gasteiger partial charge on any atom is 0.0766 e. The van der Waals surface area contributed by atoms with Crippen molar-refractivity contribution in [2.24, 2.45) is 12.9 Å². The predicted molar refractivity (Wildman–Crippen MR) is 83.0 cm³/mol. The molecule has 0 aliphatic rings. The standard InChI is InChI=1S/C14H20BrN5/c1-3-12-14(15)13(20(2)19-12)9-11(18-16)8-10-4-6-17-7-5-10/h4-7,11,18H,3,8-9,16H2,1-2H3. The SMILES string of the molecule is CCc1nn(C)c(CC(Cc2ccncc2)NN)c1Br. The van der Waals surface area contributed by atoms with Gasteiger partial charge in [-0.2, -0.15) is 5.10 Å². The molecule has 0 aliphatic heterocycles.